The Morgan fingerprint density at radius 2 is 2.00 bits per heavy atom. The molecule has 0 spiro atoms. The number of ether oxygens (including phenoxy) is 1. The van der Waals surface area contributed by atoms with Crippen molar-refractivity contribution in [2.45, 2.75) is 52.0 Å². The van der Waals surface area contributed by atoms with E-state index in [-0.39, 0.29) is 5.54 Å². The largest absolute Gasteiger partial charge is 0.379 e. The minimum absolute atomic E-state index is 0.0540. The third-order valence-electron chi connectivity index (χ3n) is 4.64. The SMILES string of the molecule is CN=C(NCCCc1nc(C(C)C)no1)NCC(C)(C)N1CCOCC1. The number of guanidine groups is 1. The third kappa shape index (κ3) is 6.25. The molecule has 2 N–H and O–H groups in total. The minimum atomic E-state index is 0.0540. The lowest BCUT2D eigenvalue weighted by Gasteiger charge is -2.41. The fourth-order valence-electron chi connectivity index (χ4n) is 2.85. The van der Waals surface area contributed by atoms with Gasteiger partial charge in [-0.2, -0.15) is 4.98 Å². The van der Waals surface area contributed by atoms with Crippen molar-refractivity contribution in [3.8, 4) is 0 Å². The fraction of sp³-hybridized carbons (Fsp3) is 0.833. The van der Waals surface area contributed by atoms with Crippen LogP contribution in [-0.4, -0.2) is 73.0 Å². The molecule has 0 radical (unpaired) electrons. The van der Waals surface area contributed by atoms with Crippen LogP contribution in [0.3, 0.4) is 0 Å². The van der Waals surface area contributed by atoms with E-state index >= 15 is 0 Å². The monoisotopic (exact) mass is 366 g/mol. The van der Waals surface area contributed by atoms with Gasteiger partial charge in [0.2, 0.25) is 5.89 Å². The highest BCUT2D eigenvalue weighted by atomic mass is 16.5. The van der Waals surface area contributed by atoms with E-state index in [1.54, 1.807) is 7.05 Å². The first-order valence-corrected chi connectivity index (χ1v) is 9.52. The number of rotatable bonds is 8. The molecule has 0 unspecified atom stereocenters. The van der Waals surface area contributed by atoms with Crippen molar-refractivity contribution in [1.29, 1.82) is 0 Å². The van der Waals surface area contributed by atoms with Crippen molar-refractivity contribution in [2.75, 3.05) is 46.4 Å². The lowest BCUT2D eigenvalue weighted by Crippen LogP contribution is -2.56. The second-order valence-corrected chi connectivity index (χ2v) is 7.57. The maximum Gasteiger partial charge on any atom is 0.226 e. The van der Waals surface area contributed by atoms with Crippen LogP contribution in [0.4, 0.5) is 0 Å². The Morgan fingerprint density at radius 3 is 2.62 bits per heavy atom. The number of aryl methyl sites for hydroxylation is 1. The normalized spacial score (nSPS) is 16.9. The first-order valence-electron chi connectivity index (χ1n) is 9.52. The molecule has 1 aliphatic rings. The molecule has 0 saturated carbocycles. The summed E-state index contributed by atoms with van der Waals surface area (Å²) in [5, 5.41) is 10.8. The summed E-state index contributed by atoms with van der Waals surface area (Å²) in [7, 11) is 1.80. The summed E-state index contributed by atoms with van der Waals surface area (Å²) in [6.07, 6.45) is 1.68. The highest BCUT2D eigenvalue weighted by Crippen LogP contribution is 2.15. The quantitative estimate of drug-likeness (QED) is 0.408. The summed E-state index contributed by atoms with van der Waals surface area (Å²) in [5.74, 6) is 2.59. The van der Waals surface area contributed by atoms with Crippen molar-refractivity contribution >= 4 is 5.96 Å². The van der Waals surface area contributed by atoms with Crippen LogP contribution in [-0.2, 0) is 11.2 Å². The predicted octanol–water partition coefficient (Wildman–Crippen LogP) is 1.40. The molecule has 8 heteroatoms. The molecular weight excluding hydrogens is 332 g/mol. The zero-order chi connectivity index (χ0) is 19.0. The highest BCUT2D eigenvalue weighted by Gasteiger charge is 2.28. The minimum Gasteiger partial charge on any atom is -0.379 e. The second kappa shape index (κ2) is 9.87. The van der Waals surface area contributed by atoms with Crippen LogP contribution in [0.1, 0.15) is 51.7 Å². The van der Waals surface area contributed by atoms with Crippen molar-refractivity contribution < 1.29 is 9.26 Å². The van der Waals surface area contributed by atoms with Crippen molar-refractivity contribution in [2.24, 2.45) is 4.99 Å². The molecule has 1 aliphatic heterocycles. The molecule has 1 aromatic rings. The topological polar surface area (TPSA) is 87.8 Å². The Balaban J connectivity index is 1.68. The molecular formula is C18H34N6O2. The summed E-state index contributed by atoms with van der Waals surface area (Å²) < 4.78 is 10.7. The smallest absolute Gasteiger partial charge is 0.226 e. The van der Waals surface area contributed by atoms with Gasteiger partial charge in [-0.1, -0.05) is 19.0 Å². The van der Waals surface area contributed by atoms with Gasteiger partial charge in [-0.25, -0.2) is 0 Å². The van der Waals surface area contributed by atoms with Crippen LogP contribution < -0.4 is 10.6 Å². The number of nitrogens with one attached hydrogen (secondary N) is 2. The van der Waals surface area contributed by atoms with Gasteiger partial charge in [0.25, 0.3) is 0 Å². The Bertz CT molecular complexity index is 564. The van der Waals surface area contributed by atoms with Crippen molar-refractivity contribution in [3.05, 3.63) is 11.7 Å². The molecule has 2 rings (SSSR count). The average molecular weight is 367 g/mol. The maximum absolute atomic E-state index is 5.44. The van der Waals surface area contributed by atoms with Crippen LogP contribution in [0.25, 0.3) is 0 Å². The molecule has 0 amide bonds. The molecule has 26 heavy (non-hydrogen) atoms. The molecule has 0 aliphatic carbocycles. The molecule has 0 aromatic carbocycles. The summed E-state index contributed by atoms with van der Waals surface area (Å²) in [6.45, 7) is 13.8. The van der Waals surface area contributed by atoms with Crippen molar-refractivity contribution in [1.82, 2.24) is 25.7 Å². The van der Waals surface area contributed by atoms with Crippen LogP contribution in [0.5, 0.6) is 0 Å². The van der Waals surface area contributed by atoms with Gasteiger partial charge in [0.1, 0.15) is 0 Å². The lowest BCUT2D eigenvalue weighted by atomic mass is 10.0. The zero-order valence-corrected chi connectivity index (χ0v) is 16.8. The standard InChI is InChI=1S/C18H34N6O2/c1-14(2)16-22-15(26-23-16)7-6-8-20-17(19-5)21-13-18(3,4)24-9-11-25-12-10-24/h14H,6-13H2,1-5H3,(H2,19,20,21). The van der Waals surface area contributed by atoms with Crippen molar-refractivity contribution in [3.63, 3.8) is 0 Å². The average Bonchev–Trinajstić information content (AvgIpc) is 3.11. The van der Waals surface area contributed by atoms with Gasteiger partial charge in [-0.05, 0) is 20.3 Å². The first-order chi connectivity index (χ1) is 12.4. The number of hydrogen-bond acceptors (Lipinski definition) is 6. The van der Waals surface area contributed by atoms with E-state index in [9.17, 15) is 0 Å². The number of aliphatic imine (C=N–C) groups is 1. The number of aromatic nitrogens is 2. The van der Waals surface area contributed by atoms with Crippen LogP contribution in [0.15, 0.2) is 9.52 Å². The van der Waals surface area contributed by atoms with Gasteiger partial charge in [0, 0.05) is 51.1 Å². The van der Waals surface area contributed by atoms with E-state index in [0.717, 1.165) is 64.0 Å². The van der Waals surface area contributed by atoms with Crippen LogP contribution in [0, 0.1) is 0 Å². The fourth-order valence-corrected chi connectivity index (χ4v) is 2.85. The summed E-state index contributed by atoms with van der Waals surface area (Å²) in [6, 6.07) is 0. The zero-order valence-electron chi connectivity index (χ0n) is 16.8. The summed E-state index contributed by atoms with van der Waals surface area (Å²) in [4.78, 5) is 11.2. The van der Waals surface area contributed by atoms with Gasteiger partial charge in [-0.15, -0.1) is 0 Å². The molecule has 148 valence electrons. The number of nitrogens with zero attached hydrogens (tertiary/aromatic N) is 4. The van der Waals surface area contributed by atoms with Crippen LogP contribution >= 0.6 is 0 Å². The Morgan fingerprint density at radius 1 is 1.27 bits per heavy atom. The van der Waals surface area contributed by atoms with Gasteiger partial charge >= 0.3 is 0 Å². The van der Waals surface area contributed by atoms with Gasteiger partial charge in [-0.3, -0.25) is 9.89 Å². The molecule has 1 fully saturated rings. The molecule has 0 atom stereocenters. The summed E-state index contributed by atoms with van der Waals surface area (Å²) in [5.41, 5.74) is 0.0540. The van der Waals surface area contributed by atoms with E-state index in [0.29, 0.717) is 11.8 Å². The lowest BCUT2D eigenvalue weighted by molar-refractivity contribution is -0.00833. The van der Waals surface area contributed by atoms with Crippen LogP contribution in [0.2, 0.25) is 0 Å². The van der Waals surface area contributed by atoms with E-state index in [1.165, 1.54) is 0 Å². The second-order valence-electron chi connectivity index (χ2n) is 7.57. The van der Waals surface area contributed by atoms with Gasteiger partial charge in [0.05, 0.1) is 13.2 Å². The van der Waals surface area contributed by atoms with Gasteiger partial charge < -0.3 is 19.9 Å². The first kappa shape index (κ1) is 20.6. The molecule has 8 nitrogen and oxygen atoms in total. The molecule has 2 heterocycles. The maximum atomic E-state index is 5.44. The van der Waals surface area contributed by atoms with E-state index in [2.05, 4.69) is 58.4 Å². The van der Waals surface area contributed by atoms with Gasteiger partial charge in [0.15, 0.2) is 11.8 Å². The third-order valence-corrected chi connectivity index (χ3v) is 4.64. The molecule has 1 saturated heterocycles. The molecule has 1 aromatic heterocycles. The number of hydrogen-bond donors (Lipinski definition) is 2. The van der Waals surface area contributed by atoms with E-state index in [1.807, 2.05) is 0 Å². The Labute approximate surface area is 156 Å². The Hall–Kier alpha value is -1.67. The molecule has 0 bridgehead atoms. The predicted molar refractivity (Wildman–Crippen MR) is 103 cm³/mol. The van der Waals surface area contributed by atoms with E-state index < -0.39 is 0 Å². The summed E-state index contributed by atoms with van der Waals surface area (Å²) >= 11 is 0. The Kier molecular flexibility index (Phi) is 7.84. The number of morpholine rings is 1. The highest BCUT2D eigenvalue weighted by molar-refractivity contribution is 5.79. The van der Waals surface area contributed by atoms with E-state index in [4.69, 9.17) is 9.26 Å².